The quantitative estimate of drug-likeness (QED) is 0.472. The number of piperidine rings is 1. The van der Waals surface area contributed by atoms with Crippen molar-refractivity contribution in [2.24, 2.45) is 17.6 Å². The highest BCUT2D eigenvalue weighted by Gasteiger charge is 2.46. The van der Waals surface area contributed by atoms with Crippen molar-refractivity contribution < 1.29 is 27.5 Å². The highest BCUT2D eigenvalue weighted by atomic mass is 19.4. The van der Waals surface area contributed by atoms with E-state index in [2.05, 4.69) is 20.3 Å². The number of aliphatic hydroxyl groups is 1. The molecule has 0 aromatic carbocycles. The van der Waals surface area contributed by atoms with Crippen molar-refractivity contribution in [1.82, 2.24) is 19.9 Å². The van der Waals surface area contributed by atoms with E-state index in [1.54, 1.807) is 9.80 Å². The molecule has 2 aromatic heterocycles. The Balaban J connectivity index is 1.51. The first-order chi connectivity index (χ1) is 17.4. The van der Waals surface area contributed by atoms with Crippen molar-refractivity contribution in [1.29, 1.82) is 0 Å². The van der Waals surface area contributed by atoms with Crippen molar-refractivity contribution in [2.45, 2.75) is 44.5 Å². The number of nitrogens with two attached hydrogens (primary N) is 1. The number of hydrogen-bond donors (Lipinski definition) is 3. The smallest absolute Gasteiger partial charge is 0.391 e. The van der Waals surface area contributed by atoms with Gasteiger partial charge in [-0.15, -0.1) is 0 Å². The van der Waals surface area contributed by atoms with Gasteiger partial charge in [0.2, 0.25) is 11.7 Å². The molecule has 2 fully saturated rings. The zero-order valence-corrected chi connectivity index (χ0v) is 20.7. The van der Waals surface area contributed by atoms with E-state index >= 15 is 4.39 Å². The molecule has 0 aliphatic carbocycles. The third-order valence-corrected chi connectivity index (χ3v) is 7.69. The molecule has 4 atom stereocenters. The molecule has 0 unspecified atom stereocenters. The Labute approximate surface area is 212 Å². The number of carbonyl (C=O) groups is 1. The van der Waals surface area contributed by atoms with Gasteiger partial charge in [-0.1, -0.05) is 13.0 Å². The van der Waals surface area contributed by atoms with Crippen LogP contribution in [0.3, 0.4) is 0 Å². The fraction of sp³-hybridized carbons (Fsp3) is 0.583. The van der Waals surface area contributed by atoms with Crippen LogP contribution < -0.4 is 16.0 Å². The standard InChI is InChI=1S/C24H31F4N7O2/c1-14-5-8-35(23(14,2)16-3-4-18(30-10-16)24(26,27)28)22-20(25)21(32-13-33-22)31-9-15-6-7-34(11-17(15)36)12-19(29)37/h3-4,10,13-15,17,36H,5-9,11-12H2,1-2H3,(H2,29,37)(H,31,32,33)/t14-,15+,17-,23-/m1/s1. The van der Waals surface area contributed by atoms with Crippen LogP contribution in [-0.4, -0.2) is 69.7 Å². The van der Waals surface area contributed by atoms with Crippen LogP contribution >= 0.6 is 0 Å². The zero-order chi connectivity index (χ0) is 27.0. The lowest BCUT2D eigenvalue weighted by atomic mass is 9.82. The van der Waals surface area contributed by atoms with E-state index in [9.17, 15) is 23.1 Å². The topological polar surface area (TPSA) is 120 Å². The number of halogens is 4. The molecule has 37 heavy (non-hydrogen) atoms. The molecule has 2 saturated heterocycles. The number of pyridine rings is 1. The van der Waals surface area contributed by atoms with Crippen molar-refractivity contribution >= 4 is 17.5 Å². The fourth-order valence-corrected chi connectivity index (χ4v) is 5.28. The molecule has 0 saturated carbocycles. The molecule has 0 bridgehead atoms. The summed E-state index contributed by atoms with van der Waals surface area (Å²) in [7, 11) is 0. The van der Waals surface area contributed by atoms with Gasteiger partial charge >= 0.3 is 6.18 Å². The molecule has 4 rings (SSSR count). The fourth-order valence-electron chi connectivity index (χ4n) is 5.28. The first kappa shape index (κ1) is 27.0. The molecule has 13 heteroatoms. The molecule has 2 aliphatic heterocycles. The number of alkyl halides is 3. The van der Waals surface area contributed by atoms with Crippen LogP contribution in [0.15, 0.2) is 24.7 Å². The molecule has 9 nitrogen and oxygen atoms in total. The van der Waals surface area contributed by atoms with Gasteiger partial charge in [0.1, 0.15) is 12.0 Å². The zero-order valence-electron chi connectivity index (χ0n) is 20.7. The lowest BCUT2D eigenvalue weighted by Gasteiger charge is -2.39. The monoisotopic (exact) mass is 525 g/mol. The largest absolute Gasteiger partial charge is 0.433 e. The van der Waals surface area contributed by atoms with E-state index in [1.807, 2.05) is 13.8 Å². The van der Waals surface area contributed by atoms with E-state index in [0.717, 1.165) is 6.07 Å². The minimum atomic E-state index is -4.55. The minimum absolute atomic E-state index is 0.0162. The molecule has 0 spiro atoms. The molecule has 202 valence electrons. The van der Waals surface area contributed by atoms with Gasteiger partial charge in [-0.2, -0.15) is 17.6 Å². The highest BCUT2D eigenvalue weighted by Crippen LogP contribution is 2.46. The first-order valence-corrected chi connectivity index (χ1v) is 12.2. The Kier molecular flexibility index (Phi) is 7.56. The summed E-state index contributed by atoms with van der Waals surface area (Å²) in [4.78, 5) is 26.5. The maximum atomic E-state index is 15.7. The second-order valence-electron chi connectivity index (χ2n) is 9.98. The van der Waals surface area contributed by atoms with Gasteiger partial charge in [0.15, 0.2) is 11.6 Å². The van der Waals surface area contributed by atoms with E-state index in [4.69, 9.17) is 5.73 Å². The number of nitrogens with one attached hydrogen (secondary N) is 1. The van der Waals surface area contributed by atoms with Gasteiger partial charge in [-0.3, -0.25) is 14.7 Å². The molecule has 2 aliphatic rings. The number of anilines is 2. The summed E-state index contributed by atoms with van der Waals surface area (Å²) < 4.78 is 54.7. The third kappa shape index (κ3) is 5.47. The van der Waals surface area contributed by atoms with Crippen LogP contribution in [-0.2, 0) is 16.5 Å². The highest BCUT2D eigenvalue weighted by molar-refractivity contribution is 5.75. The number of hydrogen-bond acceptors (Lipinski definition) is 8. The molecule has 2 aromatic rings. The van der Waals surface area contributed by atoms with Crippen molar-refractivity contribution in [3.63, 3.8) is 0 Å². The minimum Gasteiger partial charge on any atom is -0.391 e. The second kappa shape index (κ2) is 10.4. The molecule has 1 amide bonds. The number of likely N-dealkylation sites (tertiary alicyclic amines) is 1. The van der Waals surface area contributed by atoms with Gasteiger partial charge in [0, 0.05) is 31.7 Å². The lowest BCUT2D eigenvalue weighted by molar-refractivity contribution is -0.141. The van der Waals surface area contributed by atoms with Crippen LogP contribution in [0.1, 0.15) is 37.9 Å². The van der Waals surface area contributed by atoms with Gasteiger partial charge in [-0.05, 0) is 43.9 Å². The first-order valence-electron chi connectivity index (χ1n) is 12.2. The lowest BCUT2D eigenvalue weighted by Crippen LogP contribution is -2.48. The number of β-amino-alcohol motifs (C(OH)–C–C–N with tert-alkyl or cyclic N) is 1. The number of amides is 1. The summed E-state index contributed by atoms with van der Waals surface area (Å²) in [6, 6.07) is 2.32. The summed E-state index contributed by atoms with van der Waals surface area (Å²) >= 11 is 0. The summed E-state index contributed by atoms with van der Waals surface area (Å²) in [5.41, 5.74) is 3.93. The van der Waals surface area contributed by atoms with Crippen molar-refractivity contribution in [3.8, 4) is 0 Å². The Bertz CT molecular complexity index is 1120. The number of aliphatic hydroxyl groups excluding tert-OH is 1. The second-order valence-corrected chi connectivity index (χ2v) is 9.98. The molecule has 4 heterocycles. The molecular formula is C24H31F4N7O2. The summed E-state index contributed by atoms with van der Waals surface area (Å²) in [6.07, 6.45) is -1.57. The predicted molar refractivity (Wildman–Crippen MR) is 128 cm³/mol. The SMILES string of the molecule is C[C@@H]1CCN(c2ncnc(NC[C@@H]3CCN(CC(N)=O)C[C@H]3O)c2F)[C@@]1(C)c1ccc(C(F)(F)F)nc1. The van der Waals surface area contributed by atoms with E-state index in [1.165, 1.54) is 18.6 Å². The maximum Gasteiger partial charge on any atom is 0.433 e. The van der Waals surface area contributed by atoms with E-state index in [0.29, 0.717) is 31.5 Å². The van der Waals surface area contributed by atoms with E-state index in [-0.39, 0.29) is 43.1 Å². The number of carbonyl (C=O) groups excluding carboxylic acids is 1. The number of nitrogens with zero attached hydrogens (tertiary/aromatic N) is 5. The van der Waals surface area contributed by atoms with Gasteiger partial charge in [0.25, 0.3) is 0 Å². The summed E-state index contributed by atoms with van der Waals surface area (Å²) in [6.45, 7) is 5.45. The Morgan fingerprint density at radius 2 is 2.00 bits per heavy atom. The van der Waals surface area contributed by atoms with Crippen LogP contribution in [0.4, 0.5) is 29.2 Å². The van der Waals surface area contributed by atoms with E-state index < -0.39 is 35.2 Å². The van der Waals surface area contributed by atoms with Crippen LogP contribution in [0.25, 0.3) is 0 Å². The number of primary amides is 1. The van der Waals surface area contributed by atoms with Gasteiger partial charge in [-0.25, -0.2) is 9.97 Å². The van der Waals surface area contributed by atoms with Gasteiger partial charge < -0.3 is 21.1 Å². The van der Waals surface area contributed by atoms with Crippen molar-refractivity contribution in [2.75, 3.05) is 42.9 Å². The average Bonchev–Trinajstić information content (AvgIpc) is 3.13. The Morgan fingerprint density at radius 1 is 1.24 bits per heavy atom. The number of aromatic nitrogens is 3. The Hall–Kier alpha value is -3.06. The summed E-state index contributed by atoms with van der Waals surface area (Å²) in [5, 5.41) is 13.5. The van der Waals surface area contributed by atoms with Gasteiger partial charge in [0.05, 0.1) is 18.2 Å². The normalized spacial score (nSPS) is 26.9. The molecule has 0 radical (unpaired) electrons. The Morgan fingerprint density at radius 3 is 2.62 bits per heavy atom. The third-order valence-electron chi connectivity index (χ3n) is 7.69. The van der Waals surface area contributed by atoms with Crippen LogP contribution in [0.5, 0.6) is 0 Å². The summed E-state index contributed by atoms with van der Waals surface area (Å²) in [5.74, 6) is -1.32. The molecular weight excluding hydrogens is 494 g/mol. The predicted octanol–water partition coefficient (Wildman–Crippen LogP) is 2.37. The molecule has 4 N–H and O–H groups in total. The van der Waals surface area contributed by atoms with Crippen LogP contribution in [0, 0.1) is 17.7 Å². The maximum absolute atomic E-state index is 15.7. The number of rotatable bonds is 7. The average molecular weight is 526 g/mol. The van der Waals surface area contributed by atoms with Crippen molar-refractivity contribution in [3.05, 3.63) is 41.7 Å². The van der Waals surface area contributed by atoms with Crippen LogP contribution in [0.2, 0.25) is 0 Å².